The molecular formula is C17H21Br2ClN2. The zero-order chi connectivity index (χ0) is 13.8. The third-order valence-corrected chi connectivity index (χ3v) is 4.08. The molecule has 3 rings (SSSR count). The second kappa shape index (κ2) is 9.68. The third kappa shape index (κ3) is 5.07. The van der Waals surface area contributed by atoms with Crippen LogP contribution < -0.4 is 10.6 Å². The van der Waals surface area contributed by atoms with Gasteiger partial charge in [0.1, 0.15) is 0 Å². The van der Waals surface area contributed by atoms with Crippen LogP contribution in [-0.4, -0.2) is 12.6 Å². The highest BCUT2D eigenvalue weighted by Gasteiger charge is 2.27. The molecule has 0 amide bonds. The van der Waals surface area contributed by atoms with Gasteiger partial charge in [-0.2, -0.15) is 0 Å². The second-order valence-corrected chi connectivity index (χ2v) is 5.68. The molecule has 1 saturated heterocycles. The summed E-state index contributed by atoms with van der Waals surface area (Å²) in [6, 6.07) is 19.5. The molecule has 22 heavy (non-hydrogen) atoms. The van der Waals surface area contributed by atoms with E-state index in [1.54, 1.807) is 0 Å². The van der Waals surface area contributed by atoms with Crippen LogP contribution in [0.4, 0.5) is 0 Å². The summed E-state index contributed by atoms with van der Waals surface area (Å²) in [7, 11) is 0. The molecule has 0 spiro atoms. The molecule has 120 valence electrons. The molecular weight excluding hydrogens is 427 g/mol. The van der Waals surface area contributed by atoms with Gasteiger partial charge < -0.3 is 10.6 Å². The van der Waals surface area contributed by atoms with E-state index in [9.17, 15) is 0 Å². The van der Waals surface area contributed by atoms with Gasteiger partial charge >= 0.3 is 0 Å². The first-order valence-electron chi connectivity index (χ1n) is 7.09. The summed E-state index contributed by atoms with van der Waals surface area (Å²) in [5.41, 5.74) is 2.59. The smallest absolute Gasteiger partial charge is 0.0477 e. The average molecular weight is 449 g/mol. The molecule has 2 atom stereocenters. The van der Waals surface area contributed by atoms with Crippen molar-refractivity contribution in [3.63, 3.8) is 0 Å². The van der Waals surface area contributed by atoms with Gasteiger partial charge in [-0.05, 0) is 36.2 Å². The first kappa shape index (κ1) is 19.7. The Morgan fingerprint density at radius 3 is 2.55 bits per heavy atom. The summed E-state index contributed by atoms with van der Waals surface area (Å²) in [5, 5.41) is 8.03. The zero-order valence-electron chi connectivity index (χ0n) is 12.2. The molecule has 0 aliphatic carbocycles. The highest BCUT2D eigenvalue weighted by molar-refractivity contribution is 8.93. The van der Waals surface area contributed by atoms with Crippen molar-refractivity contribution in [2.75, 3.05) is 6.54 Å². The van der Waals surface area contributed by atoms with Crippen LogP contribution in [0.15, 0.2) is 54.6 Å². The Morgan fingerprint density at radius 1 is 1.05 bits per heavy atom. The standard InChI is InChI=1S/C17H19ClN2.2BrH/c18-15-8-4-7-14(11-15)17-16(9-10-19-17)20-12-13-5-2-1-3-6-13;;/h1-8,11,16-17,19-20H,9-10,12H2;2*1H/t16-,17-;;/m0../s1. The van der Waals surface area contributed by atoms with E-state index in [0.717, 1.165) is 24.5 Å². The van der Waals surface area contributed by atoms with Crippen LogP contribution in [0.3, 0.4) is 0 Å². The molecule has 0 aromatic heterocycles. The highest BCUT2D eigenvalue weighted by atomic mass is 79.9. The SMILES string of the molecule is Br.Br.Clc1cccc([C@@H]2NCC[C@@H]2NCc2ccccc2)c1. The molecule has 2 nitrogen and oxygen atoms in total. The Hall–Kier alpha value is -0.390. The molecule has 1 aliphatic heterocycles. The summed E-state index contributed by atoms with van der Waals surface area (Å²) in [6.45, 7) is 1.95. The van der Waals surface area contributed by atoms with E-state index in [4.69, 9.17) is 11.6 Å². The normalized spacial score (nSPS) is 20.0. The lowest BCUT2D eigenvalue weighted by atomic mass is 10.0. The Kier molecular flexibility index (Phi) is 8.65. The Morgan fingerprint density at radius 2 is 1.82 bits per heavy atom. The minimum atomic E-state index is 0. The second-order valence-electron chi connectivity index (χ2n) is 5.25. The van der Waals surface area contributed by atoms with Gasteiger partial charge in [-0.15, -0.1) is 34.0 Å². The molecule has 5 heteroatoms. The molecule has 0 unspecified atom stereocenters. The topological polar surface area (TPSA) is 24.1 Å². The summed E-state index contributed by atoms with van der Waals surface area (Å²) in [5.74, 6) is 0. The molecule has 1 fully saturated rings. The van der Waals surface area contributed by atoms with E-state index in [1.807, 2.05) is 12.1 Å². The first-order valence-corrected chi connectivity index (χ1v) is 7.47. The van der Waals surface area contributed by atoms with Gasteiger partial charge in [0.05, 0.1) is 0 Å². The fourth-order valence-corrected chi connectivity index (χ4v) is 3.02. The van der Waals surface area contributed by atoms with Gasteiger partial charge in [-0.3, -0.25) is 0 Å². The third-order valence-electron chi connectivity index (χ3n) is 3.84. The molecule has 2 N–H and O–H groups in total. The van der Waals surface area contributed by atoms with Crippen LogP contribution in [0, 0.1) is 0 Å². The molecule has 2 aromatic rings. The minimum Gasteiger partial charge on any atom is -0.309 e. The highest BCUT2D eigenvalue weighted by Crippen LogP contribution is 2.26. The van der Waals surface area contributed by atoms with Crippen molar-refractivity contribution >= 4 is 45.6 Å². The number of benzene rings is 2. The maximum atomic E-state index is 6.10. The van der Waals surface area contributed by atoms with Gasteiger partial charge in [-0.1, -0.05) is 54.1 Å². The van der Waals surface area contributed by atoms with Crippen LogP contribution >= 0.6 is 45.6 Å². The Bertz CT molecular complexity index is 566. The molecule has 1 heterocycles. The monoisotopic (exact) mass is 446 g/mol. The van der Waals surface area contributed by atoms with Crippen LogP contribution in [-0.2, 0) is 6.54 Å². The van der Waals surface area contributed by atoms with Crippen molar-refractivity contribution in [3.8, 4) is 0 Å². The predicted octanol–water partition coefficient (Wildman–Crippen LogP) is 4.69. The van der Waals surface area contributed by atoms with E-state index in [-0.39, 0.29) is 34.0 Å². The van der Waals surface area contributed by atoms with Crippen molar-refractivity contribution in [2.24, 2.45) is 0 Å². The fraction of sp³-hybridized carbons (Fsp3) is 0.294. The Labute approximate surface area is 158 Å². The number of hydrogen-bond acceptors (Lipinski definition) is 2. The maximum absolute atomic E-state index is 6.10. The quantitative estimate of drug-likeness (QED) is 0.709. The number of rotatable bonds is 4. The van der Waals surface area contributed by atoms with Gasteiger partial charge in [-0.25, -0.2) is 0 Å². The van der Waals surface area contributed by atoms with E-state index in [1.165, 1.54) is 11.1 Å². The van der Waals surface area contributed by atoms with Gasteiger partial charge in [0.25, 0.3) is 0 Å². The number of hydrogen-bond donors (Lipinski definition) is 2. The van der Waals surface area contributed by atoms with E-state index in [2.05, 4.69) is 53.1 Å². The number of nitrogens with one attached hydrogen (secondary N) is 2. The fourth-order valence-electron chi connectivity index (χ4n) is 2.82. The summed E-state index contributed by atoms with van der Waals surface area (Å²) in [4.78, 5) is 0. The minimum absolute atomic E-state index is 0. The van der Waals surface area contributed by atoms with Crippen molar-refractivity contribution in [1.29, 1.82) is 0 Å². The zero-order valence-corrected chi connectivity index (χ0v) is 16.3. The maximum Gasteiger partial charge on any atom is 0.0477 e. The van der Waals surface area contributed by atoms with E-state index >= 15 is 0 Å². The summed E-state index contributed by atoms with van der Waals surface area (Å²) >= 11 is 6.10. The van der Waals surface area contributed by atoms with Crippen LogP contribution in [0.1, 0.15) is 23.6 Å². The summed E-state index contributed by atoms with van der Waals surface area (Å²) < 4.78 is 0. The van der Waals surface area contributed by atoms with Gasteiger partial charge in [0.15, 0.2) is 0 Å². The molecule has 0 radical (unpaired) electrons. The molecule has 2 aromatic carbocycles. The average Bonchev–Trinajstić information content (AvgIpc) is 2.95. The summed E-state index contributed by atoms with van der Waals surface area (Å²) in [6.07, 6.45) is 1.14. The molecule has 0 bridgehead atoms. The largest absolute Gasteiger partial charge is 0.309 e. The molecule has 0 saturated carbocycles. The van der Waals surface area contributed by atoms with Crippen molar-refractivity contribution in [1.82, 2.24) is 10.6 Å². The van der Waals surface area contributed by atoms with Crippen LogP contribution in [0.2, 0.25) is 5.02 Å². The van der Waals surface area contributed by atoms with E-state index in [0.29, 0.717) is 12.1 Å². The van der Waals surface area contributed by atoms with Crippen molar-refractivity contribution in [3.05, 3.63) is 70.7 Å². The predicted molar refractivity (Wildman–Crippen MR) is 105 cm³/mol. The van der Waals surface area contributed by atoms with Gasteiger partial charge in [0.2, 0.25) is 0 Å². The van der Waals surface area contributed by atoms with Crippen molar-refractivity contribution in [2.45, 2.75) is 25.0 Å². The lowest BCUT2D eigenvalue weighted by Gasteiger charge is -2.21. The van der Waals surface area contributed by atoms with Gasteiger partial charge in [0, 0.05) is 23.7 Å². The lowest BCUT2D eigenvalue weighted by Crippen LogP contribution is -2.33. The number of halogens is 3. The Balaban J connectivity index is 0.00000121. The first-order chi connectivity index (χ1) is 9.83. The molecule has 1 aliphatic rings. The van der Waals surface area contributed by atoms with E-state index < -0.39 is 0 Å². The van der Waals surface area contributed by atoms with Crippen LogP contribution in [0.25, 0.3) is 0 Å². The van der Waals surface area contributed by atoms with Crippen LogP contribution in [0.5, 0.6) is 0 Å². The van der Waals surface area contributed by atoms with Crippen molar-refractivity contribution < 1.29 is 0 Å². The lowest BCUT2D eigenvalue weighted by molar-refractivity contribution is 0.461.